The van der Waals surface area contributed by atoms with Gasteiger partial charge >= 0.3 is 0 Å². The highest BCUT2D eigenvalue weighted by Crippen LogP contribution is 2.31. The maximum absolute atomic E-state index is 5.32. The molecule has 0 bridgehead atoms. The Kier molecular flexibility index (Phi) is 4.78. The van der Waals surface area contributed by atoms with Crippen LogP contribution in [0.1, 0.15) is 47.4 Å². The minimum absolute atomic E-state index is 0.464. The molecule has 0 aliphatic carbocycles. The second kappa shape index (κ2) is 7.23. The topological polar surface area (TPSA) is 72.9 Å². The van der Waals surface area contributed by atoms with Gasteiger partial charge in [-0.1, -0.05) is 5.16 Å². The summed E-state index contributed by atoms with van der Waals surface area (Å²) in [6, 6.07) is 4.22. The molecule has 0 radical (unpaired) electrons. The van der Waals surface area contributed by atoms with Crippen LogP contribution in [-0.2, 0) is 13.6 Å². The van der Waals surface area contributed by atoms with Crippen molar-refractivity contribution >= 4 is 0 Å². The van der Waals surface area contributed by atoms with Crippen LogP contribution in [0, 0.1) is 20.8 Å². The van der Waals surface area contributed by atoms with E-state index < -0.39 is 0 Å². The third-order valence-electron chi connectivity index (χ3n) is 5.31. The molecule has 1 aliphatic heterocycles. The first kappa shape index (κ1) is 17.9. The van der Waals surface area contributed by atoms with Gasteiger partial charge in [-0.15, -0.1) is 0 Å². The maximum atomic E-state index is 5.32. The molecule has 0 atom stereocenters. The fourth-order valence-corrected chi connectivity index (χ4v) is 3.94. The van der Waals surface area contributed by atoms with E-state index in [0.717, 1.165) is 72.4 Å². The Morgan fingerprint density at radius 1 is 1.15 bits per heavy atom. The van der Waals surface area contributed by atoms with Gasteiger partial charge in [-0.05, 0) is 58.8 Å². The maximum Gasteiger partial charge on any atom is 0.143 e. The molecule has 7 heteroatoms. The van der Waals surface area contributed by atoms with Crippen molar-refractivity contribution in [3.05, 3.63) is 47.0 Å². The standard InChI is InChI=1S/C20H26N6O/c1-13-20(14(2)27-24-13)19-11-18(21-15(3)22-19)16-5-9-26(10-6-16)12-17-7-8-25(4)23-17/h7-8,11,16H,5-6,9-10,12H2,1-4H3. The SMILES string of the molecule is Cc1nc(-c2c(C)noc2C)cc(C2CCN(Cc3ccn(C)n3)CC2)n1. The first-order valence-electron chi connectivity index (χ1n) is 9.49. The summed E-state index contributed by atoms with van der Waals surface area (Å²) in [4.78, 5) is 11.9. The lowest BCUT2D eigenvalue weighted by Gasteiger charge is -2.31. The molecule has 0 unspecified atom stereocenters. The second-order valence-electron chi connectivity index (χ2n) is 7.46. The van der Waals surface area contributed by atoms with Crippen LogP contribution in [0.15, 0.2) is 22.9 Å². The summed E-state index contributed by atoms with van der Waals surface area (Å²) < 4.78 is 7.19. The lowest BCUT2D eigenvalue weighted by atomic mass is 9.92. The van der Waals surface area contributed by atoms with E-state index in [1.54, 1.807) is 0 Å². The highest BCUT2D eigenvalue weighted by molar-refractivity contribution is 5.64. The third kappa shape index (κ3) is 3.78. The van der Waals surface area contributed by atoms with E-state index in [1.807, 2.05) is 38.7 Å². The summed E-state index contributed by atoms with van der Waals surface area (Å²) in [6.45, 7) is 8.89. The van der Waals surface area contributed by atoms with E-state index in [1.165, 1.54) is 0 Å². The van der Waals surface area contributed by atoms with Gasteiger partial charge in [-0.25, -0.2) is 9.97 Å². The Balaban J connectivity index is 1.48. The Morgan fingerprint density at radius 2 is 1.93 bits per heavy atom. The molecule has 1 aliphatic rings. The van der Waals surface area contributed by atoms with E-state index in [4.69, 9.17) is 9.51 Å². The number of likely N-dealkylation sites (tertiary alicyclic amines) is 1. The highest BCUT2D eigenvalue weighted by atomic mass is 16.5. The first-order chi connectivity index (χ1) is 13.0. The van der Waals surface area contributed by atoms with E-state index in [2.05, 4.69) is 32.3 Å². The van der Waals surface area contributed by atoms with Crippen molar-refractivity contribution < 1.29 is 4.52 Å². The summed E-state index contributed by atoms with van der Waals surface area (Å²) in [6.07, 6.45) is 4.20. The number of piperidine rings is 1. The molecule has 1 fully saturated rings. The van der Waals surface area contributed by atoms with Gasteiger partial charge in [0.05, 0.1) is 22.6 Å². The van der Waals surface area contributed by atoms with E-state index in [-0.39, 0.29) is 0 Å². The van der Waals surface area contributed by atoms with Crippen molar-refractivity contribution in [2.45, 2.75) is 46.1 Å². The fraction of sp³-hybridized carbons (Fsp3) is 0.500. The summed E-state index contributed by atoms with van der Waals surface area (Å²) in [5.41, 5.74) is 5.06. The van der Waals surface area contributed by atoms with Gasteiger partial charge in [0.25, 0.3) is 0 Å². The van der Waals surface area contributed by atoms with Crippen molar-refractivity contribution in [1.29, 1.82) is 0 Å². The molecular weight excluding hydrogens is 340 g/mol. The normalized spacial score (nSPS) is 16.1. The average Bonchev–Trinajstić information content (AvgIpc) is 3.20. The Morgan fingerprint density at radius 3 is 2.56 bits per heavy atom. The van der Waals surface area contributed by atoms with Gasteiger partial charge in [-0.2, -0.15) is 5.10 Å². The summed E-state index contributed by atoms with van der Waals surface area (Å²) >= 11 is 0. The fourth-order valence-electron chi connectivity index (χ4n) is 3.94. The van der Waals surface area contributed by atoms with Crippen molar-refractivity contribution in [3.8, 4) is 11.3 Å². The zero-order valence-corrected chi connectivity index (χ0v) is 16.4. The third-order valence-corrected chi connectivity index (χ3v) is 5.31. The quantitative estimate of drug-likeness (QED) is 0.706. The summed E-state index contributed by atoms with van der Waals surface area (Å²) in [5.74, 6) is 2.08. The number of aromatic nitrogens is 5. The van der Waals surface area contributed by atoms with Crippen molar-refractivity contribution in [3.63, 3.8) is 0 Å². The molecule has 1 saturated heterocycles. The van der Waals surface area contributed by atoms with Crippen LogP contribution in [0.2, 0.25) is 0 Å². The van der Waals surface area contributed by atoms with Crippen LogP contribution in [0.4, 0.5) is 0 Å². The number of rotatable bonds is 4. The number of aryl methyl sites for hydroxylation is 4. The molecule has 3 aromatic rings. The van der Waals surface area contributed by atoms with Crippen molar-refractivity contribution in [2.24, 2.45) is 7.05 Å². The Bertz CT molecular complexity index is 916. The van der Waals surface area contributed by atoms with Crippen molar-refractivity contribution in [2.75, 3.05) is 13.1 Å². The van der Waals surface area contributed by atoms with Gasteiger partial charge < -0.3 is 4.52 Å². The zero-order valence-electron chi connectivity index (χ0n) is 16.4. The number of hydrogen-bond acceptors (Lipinski definition) is 6. The Labute approximate surface area is 159 Å². The van der Waals surface area contributed by atoms with E-state index in [9.17, 15) is 0 Å². The molecule has 0 saturated carbocycles. The monoisotopic (exact) mass is 366 g/mol. The molecular formula is C20H26N6O. The molecule has 27 heavy (non-hydrogen) atoms. The molecule has 142 valence electrons. The van der Waals surface area contributed by atoms with E-state index in [0.29, 0.717) is 5.92 Å². The Hall–Kier alpha value is -2.54. The lowest BCUT2D eigenvalue weighted by molar-refractivity contribution is 0.200. The summed E-state index contributed by atoms with van der Waals surface area (Å²) in [7, 11) is 1.96. The molecule has 0 spiro atoms. The van der Waals surface area contributed by atoms with Crippen LogP contribution in [0.25, 0.3) is 11.3 Å². The van der Waals surface area contributed by atoms with Crippen molar-refractivity contribution in [1.82, 2.24) is 29.8 Å². The molecule has 3 aromatic heterocycles. The van der Waals surface area contributed by atoms with Gasteiger partial charge in [0.15, 0.2) is 0 Å². The highest BCUT2D eigenvalue weighted by Gasteiger charge is 2.24. The minimum atomic E-state index is 0.464. The molecule has 4 rings (SSSR count). The van der Waals surface area contributed by atoms with Gasteiger partial charge in [0.2, 0.25) is 0 Å². The van der Waals surface area contributed by atoms with Crippen LogP contribution < -0.4 is 0 Å². The van der Waals surface area contributed by atoms with E-state index >= 15 is 0 Å². The molecule has 0 N–H and O–H groups in total. The van der Waals surface area contributed by atoms with Gasteiger partial charge in [0, 0.05) is 31.4 Å². The van der Waals surface area contributed by atoms with Crippen LogP contribution in [0.5, 0.6) is 0 Å². The zero-order chi connectivity index (χ0) is 19.0. The van der Waals surface area contributed by atoms with Crippen LogP contribution >= 0.6 is 0 Å². The molecule has 0 amide bonds. The van der Waals surface area contributed by atoms with Gasteiger partial charge in [0.1, 0.15) is 11.6 Å². The number of nitrogens with zero attached hydrogens (tertiary/aromatic N) is 6. The largest absolute Gasteiger partial charge is 0.361 e. The predicted molar refractivity (Wildman–Crippen MR) is 102 cm³/mol. The van der Waals surface area contributed by atoms with Crippen LogP contribution in [0.3, 0.4) is 0 Å². The molecule has 4 heterocycles. The van der Waals surface area contributed by atoms with Crippen LogP contribution in [-0.4, -0.2) is 42.9 Å². The lowest BCUT2D eigenvalue weighted by Crippen LogP contribution is -2.33. The number of hydrogen-bond donors (Lipinski definition) is 0. The summed E-state index contributed by atoms with van der Waals surface area (Å²) in [5, 5.41) is 8.56. The predicted octanol–water partition coefficient (Wildman–Crippen LogP) is 3.17. The molecule has 7 nitrogen and oxygen atoms in total. The second-order valence-corrected chi connectivity index (χ2v) is 7.46. The molecule has 0 aromatic carbocycles. The first-order valence-corrected chi connectivity index (χ1v) is 9.49. The average molecular weight is 366 g/mol. The smallest absolute Gasteiger partial charge is 0.143 e. The minimum Gasteiger partial charge on any atom is -0.361 e. The van der Waals surface area contributed by atoms with Gasteiger partial charge in [-0.3, -0.25) is 9.58 Å².